The van der Waals surface area contributed by atoms with Crippen LogP contribution in [0.2, 0.25) is 5.02 Å². The number of primary sulfonamides is 1. The first-order chi connectivity index (χ1) is 8.20. The van der Waals surface area contributed by atoms with Gasteiger partial charge in [0.1, 0.15) is 0 Å². The Morgan fingerprint density at radius 1 is 1.33 bits per heavy atom. The molecule has 1 aromatic rings. The molecule has 1 atom stereocenters. The summed E-state index contributed by atoms with van der Waals surface area (Å²) in [6.07, 6.45) is 0.968. The highest BCUT2D eigenvalue weighted by Crippen LogP contribution is 2.26. The van der Waals surface area contributed by atoms with Crippen LogP contribution in [-0.2, 0) is 10.0 Å². The van der Waals surface area contributed by atoms with E-state index < -0.39 is 10.0 Å². The monoisotopic (exact) mass is 290 g/mol. The third kappa shape index (κ3) is 4.48. The molecule has 0 radical (unpaired) electrons. The number of benzene rings is 1. The van der Waals surface area contributed by atoms with Crippen molar-refractivity contribution >= 4 is 27.3 Å². The van der Waals surface area contributed by atoms with Gasteiger partial charge in [-0.1, -0.05) is 25.4 Å². The van der Waals surface area contributed by atoms with E-state index in [4.69, 9.17) is 16.7 Å². The maximum absolute atomic E-state index is 11.3. The van der Waals surface area contributed by atoms with Gasteiger partial charge >= 0.3 is 0 Å². The fourth-order valence-corrected chi connectivity index (χ4v) is 2.54. The molecule has 6 heteroatoms. The Kier molecular flexibility index (Phi) is 5.01. The van der Waals surface area contributed by atoms with Crippen molar-refractivity contribution in [1.82, 2.24) is 0 Å². The molecular formula is C12H19ClN2O2S. The van der Waals surface area contributed by atoms with E-state index in [1.165, 1.54) is 18.2 Å². The van der Waals surface area contributed by atoms with Gasteiger partial charge in [0.05, 0.1) is 15.6 Å². The lowest BCUT2D eigenvalue weighted by atomic mass is 10.1. The first kappa shape index (κ1) is 15.3. The van der Waals surface area contributed by atoms with Crippen LogP contribution in [-0.4, -0.2) is 14.5 Å². The second kappa shape index (κ2) is 5.91. The van der Waals surface area contributed by atoms with Crippen LogP contribution in [0.25, 0.3) is 0 Å². The molecule has 3 N–H and O–H groups in total. The maximum Gasteiger partial charge on any atom is 0.238 e. The van der Waals surface area contributed by atoms with Crippen molar-refractivity contribution in [3.05, 3.63) is 23.2 Å². The molecule has 0 fully saturated rings. The van der Waals surface area contributed by atoms with Crippen LogP contribution in [0.5, 0.6) is 0 Å². The summed E-state index contributed by atoms with van der Waals surface area (Å²) < 4.78 is 22.5. The van der Waals surface area contributed by atoms with Gasteiger partial charge in [-0.2, -0.15) is 0 Å². The van der Waals surface area contributed by atoms with Crippen molar-refractivity contribution in [2.45, 2.75) is 38.1 Å². The summed E-state index contributed by atoms with van der Waals surface area (Å²) in [6, 6.07) is 4.61. The third-order valence-electron chi connectivity index (χ3n) is 2.49. The van der Waals surface area contributed by atoms with E-state index in [1.54, 1.807) is 0 Å². The lowest BCUT2D eigenvalue weighted by Gasteiger charge is -2.18. The van der Waals surface area contributed by atoms with Gasteiger partial charge in [-0.15, -0.1) is 0 Å². The first-order valence-corrected chi connectivity index (χ1v) is 7.71. The molecule has 102 valence electrons. The Bertz CT molecular complexity index is 515. The zero-order chi connectivity index (χ0) is 13.9. The van der Waals surface area contributed by atoms with Crippen LogP contribution >= 0.6 is 11.6 Å². The van der Waals surface area contributed by atoms with Crippen LogP contribution in [0.3, 0.4) is 0 Å². The molecule has 0 saturated heterocycles. The van der Waals surface area contributed by atoms with Gasteiger partial charge in [-0.25, -0.2) is 13.6 Å². The Hall–Kier alpha value is -0.780. The highest BCUT2D eigenvalue weighted by molar-refractivity contribution is 7.89. The molecule has 18 heavy (non-hydrogen) atoms. The molecule has 0 heterocycles. The van der Waals surface area contributed by atoms with Crippen molar-refractivity contribution in [3.63, 3.8) is 0 Å². The fourth-order valence-electron chi connectivity index (χ4n) is 1.82. The van der Waals surface area contributed by atoms with Gasteiger partial charge in [-0.3, -0.25) is 0 Å². The SMILES string of the molecule is CC(C)CC(C)Nc1cc(S(N)(=O)=O)ccc1Cl. The minimum atomic E-state index is -3.70. The van der Waals surface area contributed by atoms with E-state index in [0.29, 0.717) is 16.6 Å². The van der Waals surface area contributed by atoms with Gasteiger partial charge in [0.15, 0.2) is 0 Å². The molecule has 0 aliphatic rings. The summed E-state index contributed by atoms with van der Waals surface area (Å²) in [4.78, 5) is 0.0612. The summed E-state index contributed by atoms with van der Waals surface area (Å²) in [6.45, 7) is 6.28. The normalized spacial score (nSPS) is 13.7. The van der Waals surface area contributed by atoms with E-state index in [9.17, 15) is 8.42 Å². The first-order valence-electron chi connectivity index (χ1n) is 5.79. The number of sulfonamides is 1. The summed E-state index contributed by atoms with van der Waals surface area (Å²) in [7, 11) is -3.70. The summed E-state index contributed by atoms with van der Waals surface area (Å²) in [5.41, 5.74) is 0.594. The van der Waals surface area contributed by atoms with Gasteiger partial charge in [0.2, 0.25) is 10.0 Å². The van der Waals surface area contributed by atoms with Crippen LogP contribution in [0.4, 0.5) is 5.69 Å². The van der Waals surface area contributed by atoms with Gasteiger partial charge < -0.3 is 5.32 Å². The molecule has 1 aromatic carbocycles. The quantitative estimate of drug-likeness (QED) is 0.876. The highest BCUT2D eigenvalue weighted by Gasteiger charge is 2.12. The van der Waals surface area contributed by atoms with Crippen molar-refractivity contribution in [2.75, 3.05) is 5.32 Å². The van der Waals surface area contributed by atoms with Crippen LogP contribution < -0.4 is 10.5 Å². The Morgan fingerprint density at radius 3 is 2.44 bits per heavy atom. The van der Waals surface area contributed by atoms with Crippen LogP contribution in [0, 0.1) is 5.92 Å². The average Bonchev–Trinajstić information content (AvgIpc) is 2.18. The second-order valence-corrected chi connectivity index (χ2v) is 6.83. The average molecular weight is 291 g/mol. The van der Waals surface area contributed by atoms with E-state index in [-0.39, 0.29) is 10.9 Å². The molecule has 0 aliphatic carbocycles. The molecule has 0 aliphatic heterocycles. The molecular weight excluding hydrogens is 272 g/mol. The lowest BCUT2D eigenvalue weighted by molar-refractivity contribution is 0.539. The Balaban J connectivity index is 2.95. The predicted octanol–water partition coefficient (Wildman–Crippen LogP) is 2.83. The summed E-state index contributed by atoms with van der Waals surface area (Å²) >= 11 is 6.03. The van der Waals surface area contributed by atoms with Crippen molar-refractivity contribution in [1.29, 1.82) is 0 Å². The molecule has 1 rings (SSSR count). The van der Waals surface area contributed by atoms with E-state index >= 15 is 0 Å². The van der Waals surface area contributed by atoms with Gasteiger partial charge in [-0.05, 0) is 37.5 Å². The zero-order valence-electron chi connectivity index (χ0n) is 10.8. The molecule has 4 nitrogen and oxygen atoms in total. The maximum atomic E-state index is 11.3. The minimum absolute atomic E-state index is 0.0612. The molecule has 0 saturated carbocycles. The Morgan fingerprint density at radius 2 is 1.94 bits per heavy atom. The zero-order valence-corrected chi connectivity index (χ0v) is 12.3. The van der Waals surface area contributed by atoms with Gasteiger partial charge in [0, 0.05) is 6.04 Å². The number of rotatable bonds is 5. The van der Waals surface area contributed by atoms with Crippen LogP contribution in [0.15, 0.2) is 23.1 Å². The molecule has 1 unspecified atom stereocenters. The molecule has 0 spiro atoms. The number of nitrogens with two attached hydrogens (primary N) is 1. The molecule has 0 aromatic heterocycles. The van der Waals surface area contributed by atoms with E-state index in [2.05, 4.69) is 19.2 Å². The highest BCUT2D eigenvalue weighted by atomic mass is 35.5. The van der Waals surface area contributed by atoms with Crippen molar-refractivity contribution < 1.29 is 8.42 Å². The molecule has 0 amide bonds. The minimum Gasteiger partial charge on any atom is -0.381 e. The topological polar surface area (TPSA) is 72.2 Å². The summed E-state index contributed by atoms with van der Waals surface area (Å²) in [5.74, 6) is 0.549. The Labute approximate surface area is 114 Å². The molecule has 0 bridgehead atoms. The second-order valence-electron chi connectivity index (χ2n) is 4.86. The van der Waals surface area contributed by atoms with E-state index in [1.807, 2.05) is 6.92 Å². The smallest absolute Gasteiger partial charge is 0.238 e. The number of anilines is 1. The number of hydrogen-bond donors (Lipinski definition) is 2. The van der Waals surface area contributed by atoms with E-state index in [0.717, 1.165) is 6.42 Å². The fraction of sp³-hybridized carbons (Fsp3) is 0.500. The third-order valence-corrected chi connectivity index (χ3v) is 3.73. The predicted molar refractivity (Wildman–Crippen MR) is 75.4 cm³/mol. The number of halogens is 1. The van der Waals surface area contributed by atoms with Crippen molar-refractivity contribution in [3.8, 4) is 0 Å². The standard InChI is InChI=1S/C12H19ClN2O2S/c1-8(2)6-9(3)15-12-7-10(18(14,16)17)4-5-11(12)13/h4-5,7-9,15H,6H2,1-3H3,(H2,14,16,17). The number of hydrogen-bond acceptors (Lipinski definition) is 3. The largest absolute Gasteiger partial charge is 0.381 e. The van der Waals surface area contributed by atoms with Gasteiger partial charge in [0.25, 0.3) is 0 Å². The number of nitrogens with one attached hydrogen (secondary N) is 1. The van der Waals surface area contributed by atoms with Crippen molar-refractivity contribution in [2.24, 2.45) is 11.1 Å². The summed E-state index contributed by atoms with van der Waals surface area (Å²) in [5, 5.41) is 8.77. The lowest BCUT2D eigenvalue weighted by Crippen LogP contribution is -2.18. The van der Waals surface area contributed by atoms with Crippen LogP contribution in [0.1, 0.15) is 27.2 Å².